The summed E-state index contributed by atoms with van der Waals surface area (Å²) in [6.45, 7) is 7.56. The predicted molar refractivity (Wildman–Crippen MR) is 257 cm³/mol. The molecule has 9 heteroatoms. The highest BCUT2D eigenvalue weighted by Crippen LogP contribution is 2.42. The van der Waals surface area contributed by atoms with Gasteiger partial charge < -0.3 is 29.7 Å². The molecule has 1 saturated heterocycles. The van der Waals surface area contributed by atoms with Crippen molar-refractivity contribution in [3.05, 3.63) is 173 Å². The van der Waals surface area contributed by atoms with Crippen LogP contribution in [-0.4, -0.2) is 84.4 Å². The highest BCUT2D eigenvalue weighted by molar-refractivity contribution is 7.22. The summed E-state index contributed by atoms with van der Waals surface area (Å²) in [5.74, 6) is 2.14. The summed E-state index contributed by atoms with van der Waals surface area (Å²) in [6.07, 6.45) is 4.73. The van der Waals surface area contributed by atoms with Gasteiger partial charge in [0.05, 0.1) is 0 Å². The molecule has 63 heavy (non-hydrogen) atoms. The van der Waals surface area contributed by atoms with Crippen molar-refractivity contribution in [3.8, 4) is 39.2 Å². The standard InChI is InChI=1S/C28H27NO4S.C26H29NO2/c30-21-8-4-20(5-9-21)28-26(24-13-10-22(31)18-25(24)34-28)27(32)19-6-11-23(12-7-19)33-17-16-29-14-2-1-3-15-29;1-4-25(20-9-6-5-7-10-20)26(22-11-8-12-23(28)19-22)21-13-15-24(16-14-21)29-18-17-27(2)3/h4-13,18,30-31H,1-3,14-17H2;5-16,19,28H,4,17-18H2,1-3H3/b;26-25+. The summed E-state index contributed by atoms with van der Waals surface area (Å²) in [4.78, 5) is 19.0. The molecule has 8 rings (SSSR count). The molecular weight excluding hydrogens is 805 g/mol. The fraction of sp³-hybridized carbons (Fsp3) is 0.241. The molecule has 1 aliphatic heterocycles. The van der Waals surface area contributed by atoms with Crippen molar-refractivity contribution in [1.82, 2.24) is 9.80 Å². The fourth-order valence-electron chi connectivity index (χ4n) is 7.85. The first-order chi connectivity index (χ1) is 30.7. The molecule has 1 aromatic heterocycles. The lowest BCUT2D eigenvalue weighted by Gasteiger charge is -2.26. The van der Waals surface area contributed by atoms with Crippen LogP contribution in [0.3, 0.4) is 0 Å². The second-order valence-corrected chi connectivity index (χ2v) is 17.0. The van der Waals surface area contributed by atoms with Crippen LogP contribution in [0.4, 0.5) is 0 Å². The van der Waals surface area contributed by atoms with Crippen molar-refractivity contribution >= 4 is 38.4 Å². The molecule has 1 aliphatic rings. The van der Waals surface area contributed by atoms with E-state index in [0.717, 1.165) is 81.3 Å². The highest BCUT2D eigenvalue weighted by Gasteiger charge is 2.22. The third-order valence-electron chi connectivity index (χ3n) is 11.1. The molecule has 0 unspecified atom stereocenters. The highest BCUT2D eigenvalue weighted by atomic mass is 32.1. The van der Waals surface area contributed by atoms with E-state index in [9.17, 15) is 20.1 Å². The first-order valence-electron chi connectivity index (χ1n) is 21.7. The van der Waals surface area contributed by atoms with Gasteiger partial charge in [-0.25, -0.2) is 0 Å². The van der Waals surface area contributed by atoms with Gasteiger partial charge in [0.2, 0.25) is 0 Å². The van der Waals surface area contributed by atoms with Gasteiger partial charge in [-0.05, 0) is 171 Å². The lowest BCUT2D eigenvalue weighted by atomic mass is 9.88. The monoisotopic (exact) mass is 860 g/mol. The summed E-state index contributed by atoms with van der Waals surface area (Å²) < 4.78 is 12.6. The zero-order chi connectivity index (χ0) is 44.1. The van der Waals surface area contributed by atoms with Crippen molar-refractivity contribution in [2.45, 2.75) is 32.6 Å². The van der Waals surface area contributed by atoms with E-state index in [-0.39, 0.29) is 23.0 Å². The van der Waals surface area contributed by atoms with Gasteiger partial charge in [0.1, 0.15) is 42.0 Å². The van der Waals surface area contributed by atoms with Gasteiger partial charge >= 0.3 is 0 Å². The summed E-state index contributed by atoms with van der Waals surface area (Å²) >= 11 is 1.46. The molecule has 0 amide bonds. The molecule has 0 spiro atoms. The van der Waals surface area contributed by atoms with Crippen molar-refractivity contribution in [2.24, 2.45) is 0 Å². The summed E-state index contributed by atoms with van der Waals surface area (Å²) in [5.41, 5.74) is 7.72. The molecular formula is C54H56N2O6S. The fourth-order valence-corrected chi connectivity index (χ4v) is 9.09. The quantitative estimate of drug-likeness (QED) is 0.0692. The van der Waals surface area contributed by atoms with E-state index in [1.165, 1.54) is 41.7 Å². The van der Waals surface area contributed by atoms with E-state index in [1.54, 1.807) is 48.5 Å². The number of likely N-dealkylation sites (tertiary alicyclic amines) is 1. The Balaban J connectivity index is 0.000000192. The Labute approximate surface area is 374 Å². The molecule has 7 aromatic rings. The van der Waals surface area contributed by atoms with Crippen LogP contribution in [0, 0.1) is 0 Å². The maximum atomic E-state index is 13.6. The molecule has 0 atom stereocenters. The zero-order valence-corrected chi connectivity index (χ0v) is 37.1. The summed E-state index contributed by atoms with van der Waals surface area (Å²) in [5, 5.41) is 30.5. The molecule has 8 nitrogen and oxygen atoms in total. The molecule has 2 heterocycles. The lowest BCUT2D eigenvalue weighted by Crippen LogP contribution is -2.33. The Morgan fingerprint density at radius 1 is 0.635 bits per heavy atom. The normalized spacial score (nSPS) is 13.3. The van der Waals surface area contributed by atoms with Gasteiger partial charge in [0, 0.05) is 39.2 Å². The van der Waals surface area contributed by atoms with E-state index in [1.807, 2.05) is 68.7 Å². The first kappa shape index (κ1) is 44.7. The summed E-state index contributed by atoms with van der Waals surface area (Å²) in [6, 6.07) is 45.4. The topological polar surface area (TPSA) is 103 Å². The number of rotatable bonds is 15. The van der Waals surface area contributed by atoms with Crippen LogP contribution >= 0.6 is 11.3 Å². The largest absolute Gasteiger partial charge is 0.508 e. The van der Waals surface area contributed by atoms with E-state index >= 15 is 0 Å². The smallest absolute Gasteiger partial charge is 0.195 e. The molecule has 3 N–H and O–H groups in total. The number of carbonyl (C=O) groups is 1. The number of ether oxygens (including phenoxy) is 2. The van der Waals surface area contributed by atoms with E-state index in [0.29, 0.717) is 24.3 Å². The number of allylic oxidation sites excluding steroid dienone is 1. The zero-order valence-electron chi connectivity index (χ0n) is 36.3. The Bertz CT molecular complexity index is 2600. The number of phenols is 3. The Morgan fingerprint density at radius 2 is 1.25 bits per heavy atom. The second kappa shape index (κ2) is 21.6. The van der Waals surface area contributed by atoms with Crippen molar-refractivity contribution in [2.75, 3.05) is 53.5 Å². The summed E-state index contributed by atoms with van der Waals surface area (Å²) in [7, 11) is 4.07. The molecule has 0 saturated carbocycles. The SMILES string of the molecule is CC/C(=C(/c1ccc(OCCN(C)C)cc1)c1cccc(O)c1)c1ccccc1.O=C(c1ccc(OCCN2CCCCC2)cc1)c1c(-c2ccc(O)cc2)sc2cc(O)ccc12. The number of hydrogen-bond acceptors (Lipinski definition) is 9. The number of piperidine rings is 1. The van der Waals surface area contributed by atoms with Gasteiger partial charge in [0.25, 0.3) is 0 Å². The Hall–Kier alpha value is -6.39. The van der Waals surface area contributed by atoms with Gasteiger partial charge in [-0.3, -0.25) is 9.69 Å². The third-order valence-corrected chi connectivity index (χ3v) is 12.3. The minimum Gasteiger partial charge on any atom is -0.508 e. The van der Waals surface area contributed by atoms with Crippen molar-refractivity contribution in [1.29, 1.82) is 0 Å². The number of phenolic OH excluding ortho intramolecular Hbond substituents is 3. The minimum absolute atomic E-state index is 0.0834. The van der Waals surface area contributed by atoms with E-state index in [2.05, 4.69) is 59.2 Å². The molecule has 0 bridgehead atoms. The van der Waals surface area contributed by atoms with Crippen LogP contribution in [0.2, 0.25) is 0 Å². The number of thiophene rings is 1. The first-order valence-corrected chi connectivity index (χ1v) is 22.5. The average Bonchev–Trinajstić information content (AvgIpc) is 3.68. The average molecular weight is 861 g/mol. The number of hydrogen-bond donors (Lipinski definition) is 3. The molecule has 6 aromatic carbocycles. The maximum Gasteiger partial charge on any atom is 0.195 e. The van der Waals surface area contributed by atoms with Crippen LogP contribution in [0.1, 0.15) is 65.2 Å². The number of ketones is 1. The maximum absolute atomic E-state index is 13.6. The van der Waals surface area contributed by atoms with Crippen LogP contribution in [0.5, 0.6) is 28.7 Å². The number of carbonyl (C=O) groups excluding carboxylic acids is 1. The predicted octanol–water partition coefficient (Wildman–Crippen LogP) is 11.8. The van der Waals surface area contributed by atoms with Crippen LogP contribution in [0.15, 0.2) is 146 Å². The molecule has 324 valence electrons. The molecule has 0 radical (unpaired) electrons. The third kappa shape index (κ3) is 11.8. The van der Waals surface area contributed by atoms with Crippen molar-refractivity contribution in [3.63, 3.8) is 0 Å². The van der Waals surface area contributed by atoms with E-state index < -0.39 is 0 Å². The molecule has 1 fully saturated rings. The minimum atomic E-state index is -0.0834. The molecule has 0 aliphatic carbocycles. The number of benzene rings is 6. The van der Waals surface area contributed by atoms with Gasteiger partial charge in [-0.2, -0.15) is 0 Å². The second-order valence-electron chi connectivity index (χ2n) is 15.9. The van der Waals surface area contributed by atoms with Crippen LogP contribution in [0.25, 0.3) is 31.7 Å². The Kier molecular flexibility index (Phi) is 15.3. The Morgan fingerprint density at radius 3 is 1.90 bits per heavy atom. The van der Waals surface area contributed by atoms with Gasteiger partial charge in [0.15, 0.2) is 5.78 Å². The van der Waals surface area contributed by atoms with Crippen molar-refractivity contribution < 1.29 is 29.6 Å². The number of fused-ring (bicyclic) bond motifs is 1. The van der Waals surface area contributed by atoms with E-state index in [4.69, 9.17) is 9.47 Å². The number of aromatic hydroxyl groups is 3. The number of nitrogens with zero attached hydrogens (tertiary/aromatic N) is 2. The number of likely N-dealkylation sites (N-methyl/N-ethyl adjacent to an activating group) is 1. The lowest BCUT2D eigenvalue weighted by molar-refractivity contribution is 0.104. The van der Waals surface area contributed by atoms with Crippen LogP contribution in [-0.2, 0) is 0 Å². The van der Waals surface area contributed by atoms with Crippen LogP contribution < -0.4 is 9.47 Å². The van der Waals surface area contributed by atoms with Gasteiger partial charge in [-0.1, -0.05) is 67.9 Å². The van der Waals surface area contributed by atoms with Gasteiger partial charge in [-0.15, -0.1) is 11.3 Å².